The lowest BCUT2D eigenvalue weighted by atomic mass is 9.99. The van der Waals surface area contributed by atoms with E-state index in [1.807, 2.05) is 6.92 Å². The lowest BCUT2D eigenvalue weighted by Gasteiger charge is -2.14. The lowest BCUT2D eigenvalue weighted by Crippen LogP contribution is -2.22. The summed E-state index contributed by atoms with van der Waals surface area (Å²) in [6, 6.07) is 1.22. The number of methoxy groups -OCH3 is 1. The highest BCUT2D eigenvalue weighted by atomic mass is 35.5. The fourth-order valence-electron chi connectivity index (χ4n) is 1.57. The predicted molar refractivity (Wildman–Crippen MR) is 66.9 cm³/mol. The number of halogens is 3. The summed E-state index contributed by atoms with van der Waals surface area (Å²) in [7, 11) is 1.25. The van der Waals surface area contributed by atoms with Gasteiger partial charge in [-0.2, -0.15) is 0 Å². The molecule has 1 unspecified atom stereocenters. The van der Waals surface area contributed by atoms with E-state index in [1.165, 1.54) is 13.2 Å². The van der Waals surface area contributed by atoms with E-state index in [-0.39, 0.29) is 24.2 Å². The molecule has 0 aliphatic heterocycles. The Bertz CT molecular complexity index is 385. The van der Waals surface area contributed by atoms with E-state index in [9.17, 15) is 8.78 Å². The topological polar surface area (TPSA) is 35.2 Å². The zero-order chi connectivity index (χ0) is 12.3. The van der Waals surface area contributed by atoms with Crippen LogP contribution in [0.4, 0.5) is 8.78 Å². The maximum Gasteiger partial charge on any atom is 0.190 e. The third-order valence-electron chi connectivity index (χ3n) is 2.74. The van der Waals surface area contributed by atoms with Crippen molar-refractivity contribution in [2.24, 2.45) is 5.73 Å². The van der Waals surface area contributed by atoms with Gasteiger partial charge in [0.05, 0.1) is 7.11 Å². The zero-order valence-electron chi connectivity index (χ0n) is 10.2. The minimum absolute atomic E-state index is 0. The Morgan fingerprint density at radius 1 is 1.41 bits per heavy atom. The van der Waals surface area contributed by atoms with Gasteiger partial charge in [-0.25, -0.2) is 8.78 Å². The molecule has 0 bridgehead atoms. The van der Waals surface area contributed by atoms with Crippen LogP contribution in [0.25, 0.3) is 0 Å². The van der Waals surface area contributed by atoms with E-state index in [0.717, 1.165) is 6.42 Å². The SMILES string of the molecule is CCC(N)Cc1cc(F)c(OC)c(F)c1C.Cl. The van der Waals surface area contributed by atoms with Crippen molar-refractivity contribution in [2.75, 3.05) is 7.11 Å². The van der Waals surface area contributed by atoms with Crippen molar-refractivity contribution in [2.45, 2.75) is 32.7 Å². The van der Waals surface area contributed by atoms with Crippen molar-refractivity contribution in [3.05, 3.63) is 28.8 Å². The molecule has 0 aromatic heterocycles. The van der Waals surface area contributed by atoms with Gasteiger partial charge in [0.2, 0.25) is 0 Å². The molecule has 0 heterocycles. The molecular weight excluding hydrogens is 248 g/mol. The summed E-state index contributed by atoms with van der Waals surface area (Å²) in [5.41, 5.74) is 6.78. The van der Waals surface area contributed by atoms with Crippen molar-refractivity contribution in [3.63, 3.8) is 0 Å². The third kappa shape index (κ3) is 3.54. The molecule has 0 fully saturated rings. The van der Waals surface area contributed by atoms with E-state index in [0.29, 0.717) is 17.5 Å². The van der Waals surface area contributed by atoms with Crippen LogP contribution in [0.5, 0.6) is 5.75 Å². The molecule has 1 aromatic rings. The summed E-state index contributed by atoms with van der Waals surface area (Å²) in [6.45, 7) is 3.55. The van der Waals surface area contributed by atoms with Crippen LogP contribution in [0.15, 0.2) is 6.07 Å². The highest BCUT2D eigenvalue weighted by Gasteiger charge is 2.17. The Hall–Kier alpha value is -0.870. The normalized spacial score (nSPS) is 11.9. The van der Waals surface area contributed by atoms with Gasteiger partial charge in [-0.1, -0.05) is 6.92 Å². The van der Waals surface area contributed by atoms with Crippen LogP contribution >= 0.6 is 12.4 Å². The summed E-state index contributed by atoms with van der Waals surface area (Å²) >= 11 is 0. The van der Waals surface area contributed by atoms with Crippen molar-refractivity contribution in [3.8, 4) is 5.75 Å². The summed E-state index contributed by atoms with van der Waals surface area (Å²) in [6.07, 6.45) is 1.24. The lowest BCUT2D eigenvalue weighted by molar-refractivity contribution is 0.357. The molecule has 1 atom stereocenters. The molecule has 1 aromatic carbocycles. The van der Waals surface area contributed by atoms with Gasteiger partial charge in [-0.15, -0.1) is 12.4 Å². The molecule has 0 radical (unpaired) electrons. The summed E-state index contributed by atoms with van der Waals surface area (Å²) in [4.78, 5) is 0. The fraction of sp³-hybridized carbons (Fsp3) is 0.500. The monoisotopic (exact) mass is 265 g/mol. The molecule has 0 saturated heterocycles. The second-order valence-electron chi connectivity index (χ2n) is 3.86. The maximum atomic E-state index is 13.7. The quantitative estimate of drug-likeness (QED) is 0.908. The van der Waals surface area contributed by atoms with Crippen molar-refractivity contribution in [1.29, 1.82) is 0 Å². The first-order valence-electron chi connectivity index (χ1n) is 5.28. The third-order valence-corrected chi connectivity index (χ3v) is 2.74. The molecule has 0 aliphatic carbocycles. The molecule has 5 heteroatoms. The summed E-state index contributed by atoms with van der Waals surface area (Å²) in [5, 5.41) is 0. The number of nitrogens with two attached hydrogens (primary N) is 1. The summed E-state index contributed by atoms with van der Waals surface area (Å²) < 4.78 is 31.8. The van der Waals surface area contributed by atoms with Crippen molar-refractivity contribution < 1.29 is 13.5 Å². The number of hydrogen-bond acceptors (Lipinski definition) is 2. The largest absolute Gasteiger partial charge is 0.491 e. The van der Waals surface area contributed by atoms with Gasteiger partial charge in [0.15, 0.2) is 17.4 Å². The minimum Gasteiger partial charge on any atom is -0.491 e. The second kappa shape index (κ2) is 6.77. The average Bonchev–Trinajstić information content (AvgIpc) is 2.26. The fourth-order valence-corrected chi connectivity index (χ4v) is 1.57. The molecule has 2 N–H and O–H groups in total. The molecule has 98 valence electrons. The molecule has 0 spiro atoms. The molecule has 1 rings (SSSR count). The number of rotatable bonds is 4. The Balaban J connectivity index is 0.00000256. The van der Waals surface area contributed by atoms with Crippen LogP contribution in [0.2, 0.25) is 0 Å². The Morgan fingerprint density at radius 2 is 2.00 bits per heavy atom. The van der Waals surface area contributed by atoms with E-state index in [1.54, 1.807) is 6.92 Å². The van der Waals surface area contributed by atoms with Crippen LogP contribution in [0.1, 0.15) is 24.5 Å². The molecule has 0 aliphatic rings. The van der Waals surface area contributed by atoms with Crippen LogP contribution < -0.4 is 10.5 Å². The molecule has 17 heavy (non-hydrogen) atoms. The first-order valence-corrected chi connectivity index (χ1v) is 5.28. The Labute approximate surface area is 107 Å². The van der Waals surface area contributed by atoms with Crippen LogP contribution in [-0.4, -0.2) is 13.2 Å². The maximum absolute atomic E-state index is 13.7. The van der Waals surface area contributed by atoms with Crippen LogP contribution in [0.3, 0.4) is 0 Å². The van der Waals surface area contributed by atoms with Gasteiger partial charge in [0.25, 0.3) is 0 Å². The Morgan fingerprint density at radius 3 is 2.47 bits per heavy atom. The van der Waals surface area contributed by atoms with Gasteiger partial charge < -0.3 is 10.5 Å². The van der Waals surface area contributed by atoms with Gasteiger partial charge in [-0.05, 0) is 37.0 Å². The first kappa shape index (κ1) is 16.1. The predicted octanol–water partition coefficient (Wildman–Crippen LogP) is 2.98. The highest BCUT2D eigenvalue weighted by molar-refractivity contribution is 5.85. The molecular formula is C12H18ClF2NO. The van der Waals surface area contributed by atoms with Crippen molar-refractivity contribution in [1.82, 2.24) is 0 Å². The van der Waals surface area contributed by atoms with E-state index in [2.05, 4.69) is 4.74 Å². The van der Waals surface area contributed by atoms with Gasteiger partial charge >= 0.3 is 0 Å². The highest BCUT2D eigenvalue weighted by Crippen LogP contribution is 2.27. The van der Waals surface area contributed by atoms with Crippen LogP contribution in [-0.2, 0) is 6.42 Å². The van der Waals surface area contributed by atoms with E-state index < -0.39 is 11.6 Å². The van der Waals surface area contributed by atoms with Crippen molar-refractivity contribution >= 4 is 12.4 Å². The minimum atomic E-state index is -0.677. The van der Waals surface area contributed by atoms with Gasteiger partial charge in [0, 0.05) is 6.04 Å². The van der Waals surface area contributed by atoms with Gasteiger partial charge in [-0.3, -0.25) is 0 Å². The average molecular weight is 266 g/mol. The van der Waals surface area contributed by atoms with E-state index >= 15 is 0 Å². The number of ether oxygens (including phenoxy) is 1. The molecule has 0 amide bonds. The molecule has 0 saturated carbocycles. The second-order valence-corrected chi connectivity index (χ2v) is 3.86. The zero-order valence-corrected chi connectivity index (χ0v) is 11.0. The number of benzene rings is 1. The number of hydrogen-bond donors (Lipinski definition) is 1. The Kier molecular flexibility index (Phi) is 6.42. The first-order chi connectivity index (χ1) is 7.51. The van der Waals surface area contributed by atoms with E-state index in [4.69, 9.17) is 5.73 Å². The standard InChI is InChI=1S/C12H17F2NO.ClH/c1-4-9(15)5-8-6-10(13)12(16-3)11(14)7(8)2;/h6,9H,4-5,15H2,1-3H3;1H. The van der Waals surface area contributed by atoms with Gasteiger partial charge in [0.1, 0.15) is 0 Å². The summed E-state index contributed by atoms with van der Waals surface area (Å²) in [5.74, 6) is -1.64. The van der Waals surface area contributed by atoms with Crippen LogP contribution in [0, 0.1) is 18.6 Å². The smallest absolute Gasteiger partial charge is 0.190 e. The molecule has 2 nitrogen and oxygen atoms in total.